The lowest BCUT2D eigenvalue weighted by molar-refractivity contribution is 0.0696. The van der Waals surface area contributed by atoms with E-state index >= 15 is 0 Å². The van der Waals surface area contributed by atoms with Crippen molar-refractivity contribution in [2.24, 2.45) is 0 Å². The summed E-state index contributed by atoms with van der Waals surface area (Å²) in [5.41, 5.74) is 1.91. The molecule has 22 heavy (non-hydrogen) atoms. The predicted molar refractivity (Wildman–Crippen MR) is 84.5 cm³/mol. The van der Waals surface area contributed by atoms with Crippen LogP contribution in [0.1, 0.15) is 35.3 Å². The van der Waals surface area contributed by atoms with E-state index in [0.717, 1.165) is 11.1 Å². The van der Waals surface area contributed by atoms with Crippen LogP contribution in [0.2, 0.25) is 0 Å². The minimum Gasteiger partial charge on any atom is -0.478 e. The highest BCUT2D eigenvalue weighted by Crippen LogP contribution is 2.23. The molecule has 0 fully saturated rings. The molecule has 0 saturated heterocycles. The molecule has 0 bridgehead atoms. The van der Waals surface area contributed by atoms with E-state index in [-0.39, 0.29) is 16.8 Å². The Bertz CT molecular complexity index is 668. The number of hydrogen-bond donors (Lipinski definition) is 2. The van der Waals surface area contributed by atoms with Crippen LogP contribution in [0.4, 0.5) is 4.39 Å². The van der Waals surface area contributed by atoms with Crippen LogP contribution in [0.3, 0.4) is 0 Å². The molecule has 0 amide bonds. The van der Waals surface area contributed by atoms with Crippen molar-refractivity contribution in [1.82, 2.24) is 5.32 Å². The number of carboxylic acids is 1. The zero-order chi connectivity index (χ0) is 16.2. The third-order valence-electron chi connectivity index (χ3n) is 3.68. The van der Waals surface area contributed by atoms with E-state index in [4.69, 9.17) is 5.11 Å². The van der Waals surface area contributed by atoms with Crippen molar-refractivity contribution in [2.45, 2.75) is 25.8 Å². The molecule has 0 aliphatic carbocycles. The van der Waals surface area contributed by atoms with Crippen molar-refractivity contribution >= 4 is 5.97 Å². The van der Waals surface area contributed by atoms with Gasteiger partial charge in [0.1, 0.15) is 5.82 Å². The van der Waals surface area contributed by atoms with E-state index in [2.05, 4.69) is 5.32 Å². The monoisotopic (exact) mass is 301 g/mol. The second-order valence-corrected chi connectivity index (χ2v) is 6.00. The largest absolute Gasteiger partial charge is 0.478 e. The Morgan fingerprint density at radius 3 is 2.59 bits per heavy atom. The minimum atomic E-state index is -0.929. The van der Waals surface area contributed by atoms with Gasteiger partial charge in [-0.05, 0) is 35.4 Å². The van der Waals surface area contributed by atoms with E-state index in [1.165, 1.54) is 6.07 Å². The highest BCUT2D eigenvalue weighted by molar-refractivity contribution is 5.87. The SMILES string of the molecule is CC(C)(CNCc1cccc(C(=O)O)c1)c1cccc(F)c1. The Balaban J connectivity index is 1.98. The first-order valence-electron chi connectivity index (χ1n) is 7.17. The Hall–Kier alpha value is -2.20. The molecule has 4 heteroatoms. The number of benzene rings is 2. The molecular weight excluding hydrogens is 281 g/mol. The molecule has 0 aliphatic rings. The molecule has 2 N–H and O–H groups in total. The lowest BCUT2D eigenvalue weighted by Gasteiger charge is -2.26. The molecule has 116 valence electrons. The summed E-state index contributed by atoms with van der Waals surface area (Å²) < 4.78 is 13.3. The fourth-order valence-corrected chi connectivity index (χ4v) is 2.35. The Morgan fingerprint density at radius 2 is 1.91 bits per heavy atom. The van der Waals surface area contributed by atoms with E-state index in [0.29, 0.717) is 13.1 Å². The molecule has 0 heterocycles. The van der Waals surface area contributed by atoms with Gasteiger partial charge in [0.25, 0.3) is 0 Å². The normalized spacial score (nSPS) is 11.4. The molecule has 0 atom stereocenters. The summed E-state index contributed by atoms with van der Waals surface area (Å²) in [5.74, 6) is -1.17. The van der Waals surface area contributed by atoms with Crippen molar-refractivity contribution in [3.05, 3.63) is 71.0 Å². The highest BCUT2D eigenvalue weighted by Gasteiger charge is 2.20. The number of hydrogen-bond acceptors (Lipinski definition) is 2. The summed E-state index contributed by atoms with van der Waals surface area (Å²) in [6.07, 6.45) is 0. The molecule has 2 rings (SSSR count). The summed E-state index contributed by atoms with van der Waals surface area (Å²) in [6, 6.07) is 13.5. The fourth-order valence-electron chi connectivity index (χ4n) is 2.35. The van der Waals surface area contributed by atoms with Gasteiger partial charge in [-0.15, -0.1) is 0 Å². The van der Waals surface area contributed by atoms with Crippen LogP contribution in [0.15, 0.2) is 48.5 Å². The molecule has 0 unspecified atom stereocenters. The maximum Gasteiger partial charge on any atom is 0.335 e. The molecule has 0 aliphatic heterocycles. The van der Waals surface area contributed by atoms with Gasteiger partial charge in [0.05, 0.1) is 5.56 Å². The minimum absolute atomic E-state index is 0.216. The van der Waals surface area contributed by atoms with E-state index in [1.807, 2.05) is 26.0 Å². The van der Waals surface area contributed by atoms with E-state index in [1.54, 1.807) is 30.3 Å². The maximum absolute atomic E-state index is 13.3. The lowest BCUT2D eigenvalue weighted by Crippen LogP contribution is -2.32. The van der Waals surface area contributed by atoms with Crippen LogP contribution in [-0.4, -0.2) is 17.6 Å². The zero-order valence-electron chi connectivity index (χ0n) is 12.8. The Kier molecular flexibility index (Phi) is 4.93. The summed E-state index contributed by atoms with van der Waals surface area (Å²) in [4.78, 5) is 10.9. The van der Waals surface area contributed by atoms with Gasteiger partial charge in [-0.1, -0.05) is 38.1 Å². The van der Waals surface area contributed by atoms with Gasteiger partial charge in [-0.3, -0.25) is 0 Å². The first-order chi connectivity index (χ1) is 10.4. The number of rotatable bonds is 6. The number of carbonyl (C=O) groups is 1. The maximum atomic E-state index is 13.3. The van der Waals surface area contributed by atoms with Crippen LogP contribution >= 0.6 is 0 Å². The van der Waals surface area contributed by atoms with Crippen molar-refractivity contribution in [2.75, 3.05) is 6.54 Å². The van der Waals surface area contributed by atoms with Crippen LogP contribution in [-0.2, 0) is 12.0 Å². The number of halogens is 1. The third kappa shape index (κ3) is 4.15. The number of nitrogens with one attached hydrogen (secondary N) is 1. The average Bonchev–Trinajstić information content (AvgIpc) is 2.47. The summed E-state index contributed by atoms with van der Waals surface area (Å²) in [6.45, 7) is 5.32. The van der Waals surface area contributed by atoms with Gasteiger partial charge in [-0.2, -0.15) is 0 Å². The Morgan fingerprint density at radius 1 is 1.18 bits per heavy atom. The number of aromatic carboxylic acids is 1. The summed E-state index contributed by atoms with van der Waals surface area (Å²) in [5, 5.41) is 12.3. The second kappa shape index (κ2) is 6.71. The summed E-state index contributed by atoms with van der Waals surface area (Å²) >= 11 is 0. The van der Waals surface area contributed by atoms with Crippen LogP contribution in [0.5, 0.6) is 0 Å². The third-order valence-corrected chi connectivity index (χ3v) is 3.68. The van der Waals surface area contributed by atoms with Gasteiger partial charge in [-0.25, -0.2) is 9.18 Å². The molecular formula is C18H20FNO2. The fraction of sp³-hybridized carbons (Fsp3) is 0.278. The van der Waals surface area contributed by atoms with Crippen molar-refractivity contribution in [3.8, 4) is 0 Å². The first-order valence-corrected chi connectivity index (χ1v) is 7.17. The average molecular weight is 301 g/mol. The van der Waals surface area contributed by atoms with Crippen molar-refractivity contribution in [3.63, 3.8) is 0 Å². The Labute approximate surface area is 129 Å². The van der Waals surface area contributed by atoms with Gasteiger partial charge in [0.15, 0.2) is 0 Å². The van der Waals surface area contributed by atoms with Crippen molar-refractivity contribution < 1.29 is 14.3 Å². The molecule has 0 saturated carbocycles. The first kappa shape index (κ1) is 16.2. The second-order valence-electron chi connectivity index (χ2n) is 6.00. The smallest absolute Gasteiger partial charge is 0.335 e. The quantitative estimate of drug-likeness (QED) is 0.857. The lowest BCUT2D eigenvalue weighted by atomic mass is 9.84. The van der Waals surface area contributed by atoms with E-state index < -0.39 is 5.97 Å². The van der Waals surface area contributed by atoms with Gasteiger partial charge >= 0.3 is 5.97 Å². The van der Waals surface area contributed by atoms with Crippen LogP contribution in [0.25, 0.3) is 0 Å². The molecule has 3 nitrogen and oxygen atoms in total. The highest BCUT2D eigenvalue weighted by atomic mass is 19.1. The zero-order valence-corrected chi connectivity index (χ0v) is 12.8. The molecule has 2 aromatic rings. The van der Waals surface area contributed by atoms with Gasteiger partial charge in [0, 0.05) is 18.5 Å². The standard InChI is InChI=1S/C18H20FNO2/c1-18(2,15-7-4-8-16(19)10-15)12-20-11-13-5-3-6-14(9-13)17(21)22/h3-10,20H,11-12H2,1-2H3,(H,21,22). The molecule has 0 spiro atoms. The summed E-state index contributed by atoms with van der Waals surface area (Å²) in [7, 11) is 0. The van der Waals surface area contributed by atoms with Gasteiger partial charge < -0.3 is 10.4 Å². The molecule has 0 radical (unpaired) electrons. The molecule has 0 aromatic heterocycles. The topological polar surface area (TPSA) is 49.3 Å². The van der Waals surface area contributed by atoms with Crippen LogP contribution in [0, 0.1) is 5.82 Å². The van der Waals surface area contributed by atoms with Crippen molar-refractivity contribution in [1.29, 1.82) is 0 Å². The predicted octanol–water partition coefficient (Wildman–Crippen LogP) is 3.59. The van der Waals surface area contributed by atoms with E-state index in [9.17, 15) is 9.18 Å². The van der Waals surface area contributed by atoms with Gasteiger partial charge in [0.2, 0.25) is 0 Å². The number of carboxylic acid groups (broad SMARTS) is 1. The van der Waals surface area contributed by atoms with Crippen LogP contribution < -0.4 is 5.32 Å². The molecule has 2 aromatic carbocycles.